The van der Waals surface area contributed by atoms with E-state index in [0.717, 1.165) is 13.1 Å². The topological polar surface area (TPSA) is 109 Å². The number of aromatic nitrogens is 3. The van der Waals surface area contributed by atoms with Crippen molar-refractivity contribution in [1.29, 1.82) is 0 Å². The fourth-order valence-corrected chi connectivity index (χ4v) is 1.29. The number of phenolic OH excluding ortho intramolecular Hbond substituents is 1. The number of rotatable bonds is 4. The van der Waals surface area contributed by atoms with E-state index in [2.05, 4.69) is 25.6 Å². The highest BCUT2D eigenvalue weighted by Gasteiger charge is 2.01. The van der Waals surface area contributed by atoms with Gasteiger partial charge in [-0.25, -0.2) is 0 Å². The molecule has 0 radical (unpaired) electrons. The zero-order valence-electron chi connectivity index (χ0n) is 15.7. The number of para-hydroxylation sites is 1. The quantitative estimate of drug-likeness (QED) is 0.673. The van der Waals surface area contributed by atoms with E-state index in [9.17, 15) is 0 Å². The van der Waals surface area contributed by atoms with E-state index in [1.54, 1.807) is 24.3 Å². The smallest absolute Gasteiger partial charge is 0.229 e. The first-order valence-corrected chi connectivity index (χ1v) is 8.39. The van der Waals surface area contributed by atoms with Gasteiger partial charge in [0.05, 0.1) is 0 Å². The fourth-order valence-electron chi connectivity index (χ4n) is 1.29. The monoisotopic (exact) mass is 336 g/mol. The van der Waals surface area contributed by atoms with Gasteiger partial charge in [-0.1, -0.05) is 45.9 Å². The second-order valence-corrected chi connectivity index (χ2v) is 3.74. The van der Waals surface area contributed by atoms with Crippen LogP contribution in [0.25, 0.3) is 0 Å². The zero-order valence-corrected chi connectivity index (χ0v) is 15.7. The highest BCUT2D eigenvalue weighted by atomic mass is 16.3. The molecule has 0 fully saturated rings. The maximum atomic E-state index is 8.63. The molecule has 24 heavy (non-hydrogen) atoms. The normalized spacial score (nSPS) is 8.25. The molecule has 1 aromatic heterocycles. The number of benzene rings is 1. The summed E-state index contributed by atoms with van der Waals surface area (Å²) in [5.41, 5.74) is 5.48. The fraction of sp³-hybridized carbons (Fsp3) is 0.471. The summed E-state index contributed by atoms with van der Waals surface area (Å²) in [7, 11) is 0. The Morgan fingerprint density at radius 3 is 1.54 bits per heavy atom. The molecule has 0 saturated heterocycles. The maximum absolute atomic E-state index is 8.63. The van der Waals surface area contributed by atoms with Crippen molar-refractivity contribution in [1.82, 2.24) is 15.0 Å². The van der Waals surface area contributed by atoms with Gasteiger partial charge in [-0.2, -0.15) is 15.0 Å². The van der Waals surface area contributed by atoms with Crippen molar-refractivity contribution in [3.05, 3.63) is 30.3 Å². The molecule has 5 N–H and O–H groups in total. The first-order chi connectivity index (χ1) is 11.7. The summed E-state index contributed by atoms with van der Waals surface area (Å²) in [5.74, 6) is 1.56. The number of anilines is 3. The van der Waals surface area contributed by atoms with Gasteiger partial charge in [0.1, 0.15) is 5.75 Å². The van der Waals surface area contributed by atoms with E-state index < -0.39 is 0 Å². The molecule has 7 nitrogen and oxygen atoms in total. The van der Waals surface area contributed by atoms with Gasteiger partial charge >= 0.3 is 0 Å². The van der Waals surface area contributed by atoms with E-state index >= 15 is 0 Å². The summed E-state index contributed by atoms with van der Waals surface area (Å²) in [5, 5.41) is 14.6. The molecule has 0 bridgehead atoms. The van der Waals surface area contributed by atoms with Crippen molar-refractivity contribution in [2.24, 2.45) is 0 Å². The van der Waals surface area contributed by atoms with Crippen LogP contribution in [-0.4, -0.2) is 33.1 Å². The van der Waals surface area contributed by atoms with Crippen LogP contribution in [0.3, 0.4) is 0 Å². The van der Waals surface area contributed by atoms with Crippen molar-refractivity contribution < 1.29 is 5.11 Å². The molecule has 1 aromatic carbocycles. The van der Waals surface area contributed by atoms with Gasteiger partial charge in [0, 0.05) is 13.1 Å². The Morgan fingerprint density at radius 2 is 1.25 bits per heavy atom. The number of hydrogen-bond donors (Lipinski definition) is 4. The highest BCUT2D eigenvalue weighted by molar-refractivity contribution is 5.39. The van der Waals surface area contributed by atoms with Crippen molar-refractivity contribution in [2.75, 3.05) is 29.5 Å². The van der Waals surface area contributed by atoms with Crippen molar-refractivity contribution in [2.45, 2.75) is 41.5 Å². The molecule has 0 unspecified atom stereocenters. The molecule has 7 heteroatoms. The molecule has 136 valence electrons. The molecule has 0 aliphatic heterocycles. The van der Waals surface area contributed by atoms with Crippen LogP contribution in [0.5, 0.6) is 5.75 Å². The van der Waals surface area contributed by atoms with E-state index in [0.29, 0.717) is 17.6 Å². The van der Waals surface area contributed by atoms with Gasteiger partial charge in [-0.15, -0.1) is 0 Å². The van der Waals surface area contributed by atoms with Crippen LogP contribution in [0.4, 0.5) is 17.8 Å². The number of nitrogens with one attached hydrogen (secondary N) is 2. The van der Waals surface area contributed by atoms with Crippen LogP contribution in [0, 0.1) is 0 Å². The Labute approximate surface area is 145 Å². The van der Waals surface area contributed by atoms with Gasteiger partial charge in [-0.3, -0.25) is 0 Å². The van der Waals surface area contributed by atoms with Crippen LogP contribution in [0.2, 0.25) is 0 Å². The van der Waals surface area contributed by atoms with Gasteiger partial charge in [-0.05, 0) is 26.0 Å². The Bertz CT molecular complexity index is 483. The summed E-state index contributed by atoms with van der Waals surface area (Å²) < 4.78 is 0. The number of nitrogen functional groups attached to an aromatic ring is 1. The SMILES string of the molecule is CC.CC.CCNc1nc(N)nc(NCC)n1.Oc1ccccc1. The van der Waals surface area contributed by atoms with Crippen molar-refractivity contribution in [3.63, 3.8) is 0 Å². The number of phenols is 1. The van der Waals surface area contributed by atoms with Crippen LogP contribution < -0.4 is 16.4 Å². The minimum atomic E-state index is 0.224. The Hall–Kier alpha value is -2.57. The largest absolute Gasteiger partial charge is 0.508 e. The summed E-state index contributed by atoms with van der Waals surface area (Å²) >= 11 is 0. The molecule has 0 amide bonds. The Balaban J connectivity index is 0. The number of nitrogens with two attached hydrogens (primary N) is 1. The van der Waals surface area contributed by atoms with Gasteiger partial charge in [0.25, 0.3) is 0 Å². The first kappa shape index (κ1) is 23.7. The van der Waals surface area contributed by atoms with Gasteiger partial charge < -0.3 is 21.5 Å². The predicted molar refractivity (Wildman–Crippen MR) is 103 cm³/mol. The van der Waals surface area contributed by atoms with E-state index in [4.69, 9.17) is 10.8 Å². The average molecular weight is 336 g/mol. The van der Waals surface area contributed by atoms with Crippen LogP contribution in [0.15, 0.2) is 30.3 Å². The second kappa shape index (κ2) is 16.8. The lowest BCUT2D eigenvalue weighted by Gasteiger charge is -2.05. The van der Waals surface area contributed by atoms with Crippen LogP contribution in [0.1, 0.15) is 41.5 Å². The van der Waals surface area contributed by atoms with Gasteiger partial charge in [0.15, 0.2) is 0 Å². The molecule has 2 rings (SSSR count). The zero-order chi connectivity index (χ0) is 18.8. The third-order valence-electron chi connectivity index (χ3n) is 2.08. The van der Waals surface area contributed by atoms with Crippen molar-refractivity contribution >= 4 is 17.8 Å². The minimum Gasteiger partial charge on any atom is -0.508 e. The third-order valence-corrected chi connectivity index (χ3v) is 2.08. The lowest BCUT2D eigenvalue weighted by atomic mass is 10.3. The molecule has 0 aliphatic rings. The summed E-state index contributed by atoms with van der Waals surface area (Å²) in [4.78, 5) is 11.9. The molecule has 0 aliphatic carbocycles. The molecule has 0 atom stereocenters. The molecular weight excluding hydrogens is 304 g/mol. The standard InChI is InChI=1S/C7H14N6.C6H6O.2C2H6/c1-3-9-6-11-5(8)12-7(13-6)10-4-2;7-6-4-2-1-3-5-6;2*1-2/h3-4H2,1-2H3,(H4,8,9,10,11,12,13);1-5,7H;2*1-2H3. The maximum Gasteiger partial charge on any atom is 0.229 e. The number of nitrogens with zero attached hydrogens (tertiary/aromatic N) is 3. The van der Waals surface area contributed by atoms with E-state index in [1.165, 1.54) is 0 Å². The van der Waals surface area contributed by atoms with Crippen molar-refractivity contribution in [3.8, 4) is 5.75 Å². The molecule has 1 heterocycles. The first-order valence-electron chi connectivity index (χ1n) is 8.39. The van der Waals surface area contributed by atoms with E-state index in [1.807, 2.05) is 47.6 Å². The average Bonchev–Trinajstić information content (AvgIpc) is 2.60. The predicted octanol–water partition coefficient (Wildman–Crippen LogP) is 3.76. The lowest BCUT2D eigenvalue weighted by molar-refractivity contribution is 0.475. The summed E-state index contributed by atoms with van der Waals surface area (Å²) in [6, 6.07) is 8.71. The number of aromatic hydroxyl groups is 1. The molecule has 0 spiro atoms. The molecule has 2 aromatic rings. The van der Waals surface area contributed by atoms with Gasteiger partial charge in [0.2, 0.25) is 17.8 Å². The molecular formula is C17H32N6O. The van der Waals surface area contributed by atoms with E-state index in [-0.39, 0.29) is 5.95 Å². The number of hydrogen-bond acceptors (Lipinski definition) is 7. The summed E-state index contributed by atoms with van der Waals surface area (Å²) in [6.45, 7) is 13.4. The van der Waals surface area contributed by atoms with Crippen LogP contribution >= 0.6 is 0 Å². The highest BCUT2D eigenvalue weighted by Crippen LogP contribution is 2.05. The lowest BCUT2D eigenvalue weighted by Crippen LogP contribution is -2.10. The second-order valence-electron chi connectivity index (χ2n) is 3.74. The Morgan fingerprint density at radius 1 is 0.833 bits per heavy atom. The molecule has 0 saturated carbocycles. The Kier molecular flexibility index (Phi) is 16.6. The summed E-state index contributed by atoms with van der Waals surface area (Å²) in [6.07, 6.45) is 0. The minimum absolute atomic E-state index is 0.224. The van der Waals surface area contributed by atoms with Crippen LogP contribution in [-0.2, 0) is 0 Å². The third kappa shape index (κ3) is 12.0.